The first kappa shape index (κ1) is 15.6. The Labute approximate surface area is 144 Å². The van der Waals surface area contributed by atoms with Crippen LogP contribution in [0.15, 0.2) is 40.8 Å². The summed E-state index contributed by atoms with van der Waals surface area (Å²) >= 11 is 0. The smallest absolute Gasteiger partial charge is 0.257 e. The van der Waals surface area contributed by atoms with Crippen LogP contribution in [0.3, 0.4) is 0 Å². The van der Waals surface area contributed by atoms with Crippen LogP contribution in [0.5, 0.6) is 0 Å². The minimum Gasteiger partial charge on any atom is -0.461 e. The van der Waals surface area contributed by atoms with Crippen LogP contribution in [0.4, 0.5) is 0 Å². The van der Waals surface area contributed by atoms with Crippen LogP contribution in [0.2, 0.25) is 0 Å². The van der Waals surface area contributed by atoms with Gasteiger partial charge in [-0.3, -0.25) is 19.7 Å². The summed E-state index contributed by atoms with van der Waals surface area (Å²) in [5.74, 6) is 0.503. The Hall–Kier alpha value is -2.89. The molecule has 3 heterocycles. The fourth-order valence-corrected chi connectivity index (χ4v) is 3.71. The summed E-state index contributed by atoms with van der Waals surface area (Å²) in [5, 5.41) is 2.36. The number of benzene rings is 1. The van der Waals surface area contributed by atoms with Crippen LogP contribution >= 0.6 is 0 Å². The van der Waals surface area contributed by atoms with Gasteiger partial charge >= 0.3 is 0 Å². The molecule has 128 valence electrons. The van der Waals surface area contributed by atoms with Crippen molar-refractivity contribution in [2.45, 2.75) is 19.8 Å². The minimum absolute atomic E-state index is 0.158. The average Bonchev–Trinajstić information content (AvgIpc) is 3.26. The summed E-state index contributed by atoms with van der Waals surface area (Å²) in [7, 11) is 0. The minimum atomic E-state index is -0.765. The Balaban J connectivity index is 1.63. The molecule has 0 aliphatic carbocycles. The first-order chi connectivity index (χ1) is 12.0. The van der Waals surface area contributed by atoms with Crippen molar-refractivity contribution in [2.75, 3.05) is 13.1 Å². The maximum absolute atomic E-state index is 13.0. The average molecular weight is 338 g/mol. The van der Waals surface area contributed by atoms with Gasteiger partial charge in [-0.05, 0) is 19.4 Å². The van der Waals surface area contributed by atoms with Crippen LogP contribution in [0.25, 0.3) is 11.3 Å². The largest absolute Gasteiger partial charge is 0.461 e. The third kappa shape index (κ3) is 2.54. The summed E-state index contributed by atoms with van der Waals surface area (Å²) in [5.41, 5.74) is 0.561. The van der Waals surface area contributed by atoms with E-state index in [0.29, 0.717) is 30.0 Å². The van der Waals surface area contributed by atoms with Gasteiger partial charge in [0, 0.05) is 25.1 Å². The van der Waals surface area contributed by atoms with Crippen molar-refractivity contribution >= 4 is 17.7 Å². The molecule has 1 N–H and O–H groups in total. The number of imide groups is 1. The lowest BCUT2D eigenvalue weighted by molar-refractivity contribution is -0.128. The van der Waals surface area contributed by atoms with Gasteiger partial charge < -0.3 is 9.32 Å². The number of rotatable bonds is 2. The maximum atomic E-state index is 13.0. The molecule has 1 aromatic heterocycles. The molecular formula is C19H18N2O4. The molecule has 1 spiro atoms. The van der Waals surface area contributed by atoms with Crippen LogP contribution in [0.1, 0.15) is 29.0 Å². The number of amides is 3. The number of carbonyl (C=O) groups is 3. The number of carbonyl (C=O) groups excluding carboxylic acids is 3. The van der Waals surface area contributed by atoms with Crippen LogP contribution in [0, 0.1) is 12.3 Å². The van der Waals surface area contributed by atoms with Gasteiger partial charge in [-0.2, -0.15) is 0 Å². The molecule has 6 heteroatoms. The molecule has 0 unspecified atom stereocenters. The molecule has 2 aliphatic heterocycles. The molecule has 6 nitrogen and oxygen atoms in total. The molecule has 1 atom stereocenters. The predicted octanol–water partition coefficient (Wildman–Crippen LogP) is 2.13. The number of furan rings is 1. The summed E-state index contributed by atoms with van der Waals surface area (Å²) in [4.78, 5) is 38.4. The summed E-state index contributed by atoms with van der Waals surface area (Å²) < 4.78 is 5.76. The third-order valence-electron chi connectivity index (χ3n) is 5.00. The van der Waals surface area contributed by atoms with Crippen LogP contribution < -0.4 is 5.32 Å². The van der Waals surface area contributed by atoms with Crippen LogP contribution in [-0.4, -0.2) is 35.7 Å². The normalized spacial score (nSPS) is 22.7. The quantitative estimate of drug-likeness (QED) is 0.851. The van der Waals surface area contributed by atoms with Crippen molar-refractivity contribution in [2.24, 2.45) is 5.41 Å². The molecule has 2 fully saturated rings. The monoisotopic (exact) mass is 338 g/mol. The highest BCUT2D eigenvalue weighted by Gasteiger charge is 2.52. The molecule has 2 saturated heterocycles. The Morgan fingerprint density at radius 2 is 2.00 bits per heavy atom. The topological polar surface area (TPSA) is 79.6 Å². The molecule has 2 aromatic rings. The Bertz CT molecular complexity index is 871. The highest BCUT2D eigenvalue weighted by molar-refractivity contribution is 6.07. The predicted molar refractivity (Wildman–Crippen MR) is 89.6 cm³/mol. The molecule has 25 heavy (non-hydrogen) atoms. The molecule has 2 aliphatic rings. The molecule has 0 saturated carbocycles. The second kappa shape index (κ2) is 5.58. The van der Waals surface area contributed by atoms with Crippen molar-refractivity contribution < 1.29 is 18.8 Å². The molecule has 0 radical (unpaired) electrons. The van der Waals surface area contributed by atoms with Gasteiger partial charge in [-0.15, -0.1) is 0 Å². The van der Waals surface area contributed by atoms with E-state index >= 15 is 0 Å². The van der Waals surface area contributed by atoms with Crippen molar-refractivity contribution in [1.82, 2.24) is 10.2 Å². The molecular weight excluding hydrogens is 320 g/mol. The second-order valence-electron chi connectivity index (χ2n) is 6.78. The zero-order valence-corrected chi connectivity index (χ0v) is 13.9. The molecule has 4 rings (SSSR count). The number of hydrogen-bond donors (Lipinski definition) is 1. The zero-order valence-electron chi connectivity index (χ0n) is 13.9. The third-order valence-corrected chi connectivity index (χ3v) is 5.00. The number of aryl methyl sites for hydroxylation is 1. The standard InChI is InChI=1S/C19H18N2O4/c1-12-9-14(16(25-12)13-5-3-2-4-6-13)17(23)21-8-7-19(11-21)10-15(22)20-18(19)24/h2-6,9H,7-8,10-11H2,1H3,(H,20,22,24)/t19-/m1/s1. The van der Waals surface area contributed by atoms with Crippen LogP contribution in [-0.2, 0) is 9.59 Å². The van der Waals surface area contributed by atoms with E-state index in [2.05, 4.69) is 5.32 Å². The SMILES string of the molecule is Cc1cc(C(=O)N2CC[C@@]3(CC(=O)NC3=O)C2)c(-c2ccccc2)o1. The highest BCUT2D eigenvalue weighted by atomic mass is 16.3. The van der Waals surface area contributed by atoms with Gasteiger partial charge in [-0.1, -0.05) is 30.3 Å². The number of hydrogen-bond acceptors (Lipinski definition) is 4. The number of nitrogens with zero attached hydrogens (tertiary/aromatic N) is 1. The zero-order chi connectivity index (χ0) is 17.6. The first-order valence-corrected chi connectivity index (χ1v) is 8.28. The van der Waals surface area contributed by atoms with E-state index in [1.165, 1.54) is 0 Å². The summed E-state index contributed by atoms with van der Waals surface area (Å²) in [6.07, 6.45) is 0.666. The fourth-order valence-electron chi connectivity index (χ4n) is 3.71. The van der Waals surface area contributed by atoms with Crippen molar-refractivity contribution in [1.29, 1.82) is 0 Å². The van der Waals surface area contributed by atoms with Gasteiger partial charge in [0.1, 0.15) is 11.5 Å². The van der Waals surface area contributed by atoms with Crippen molar-refractivity contribution in [3.8, 4) is 11.3 Å². The van der Waals surface area contributed by atoms with E-state index in [-0.39, 0.29) is 30.7 Å². The van der Waals surface area contributed by atoms with Gasteiger partial charge in [0.05, 0.1) is 11.0 Å². The fraction of sp³-hybridized carbons (Fsp3) is 0.316. The Kier molecular flexibility index (Phi) is 3.49. The van der Waals surface area contributed by atoms with E-state index in [1.54, 1.807) is 17.9 Å². The number of nitrogens with one attached hydrogen (secondary N) is 1. The van der Waals surface area contributed by atoms with Crippen molar-refractivity contribution in [3.63, 3.8) is 0 Å². The van der Waals surface area contributed by atoms with Gasteiger partial charge in [0.15, 0.2) is 0 Å². The highest BCUT2D eigenvalue weighted by Crippen LogP contribution is 2.39. The lowest BCUT2D eigenvalue weighted by Gasteiger charge is -2.20. The Morgan fingerprint density at radius 3 is 2.68 bits per heavy atom. The Morgan fingerprint density at radius 1 is 1.24 bits per heavy atom. The maximum Gasteiger partial charge on any atom is 0.257 e. The van der Waals surface area contributed by atoms with E-state index in [0.717, 1.165) is 5.56 Å². The second-order valence-corrected chi connectivity index (χ2v) is 6.78. The van der Waals surface area contributed by atoms with Crippen molar-refractivity contribution in [3.05, 3.63) is 47.7 Å². The lowest BCUT2D eigenvalue weighted by Crippen LogP contribution is -2.36. The molecule has 0 bridgehead atoms. The first-order valence-electron chi connectivity index (χ1n) is 8.28. The summed E-state index contributed by atoms with van der Waals surface area (Å²) in [6.45, 7) is 2.53. The van der Waals surface area contributed by atoms with E-state index < -0.39 is 5.41 Å². The van der Waals surface area contributed by atoms with E-state index in [1.807, 2.05) is 30.3 Å². The number of likely N-dealkylation sites (tertiary alicyclic amines) is 1. The lowest BCUT2D eigenvalue weighted by atomic mass is 9.85. The van der Waals surface area contributed by atoms with Gasteiger partial charge in [-0.25, -0.2) is 0 Å². The summed E-state index contributed by atoms with van der Waals surface area (Å²) in [6, 6.07) is 11.2. The molecule has 1 aromatic carbocycles. The van der Waals surface area contributed by atoms with Gasteiger partial charge in [0.25, 0.3) is 5.91 Å². The van der Waals surface area contributed by atoms with Gasteiger partial charge in [0.2, 0.25) is 11.8 Å². The van der Waals surface area contributed by atoms with E-state index in [4.69, 9.17) is 4.42 Å². The molecule has 3 amide bonds. The van der Waals surface area contributed by atoms with E-state index in [9.17, 15) is 14.4 Å².